The average molecular weight is 441 g/mol. The summed E-state index contributed by atoms with van der Waals surface area (Å²) < 4.78 is 60.9. The Kier molecular flexibility index (Phi) is 5.76. The van der Waals surface area contributed by atoms with Crippen LogP contribution in [0.3, 0.4) is 0 Å². The maximum atomic E-state index is 13.8. The number of likely N-dealkylation sites (tertiary alicyclic amines) is 1. The number of ether oxygens (including phenoxy) is 1. The summed E-state index contributed by atoms with van der Waals surface area (Å²) in [5, 5.41) is 6.76. The van der Waals surface area contributed by atoms with Crippen LogP contribution in [-0.4, -0.2) is 57.0 Å². The Balaban J connectivity index is 1.44. The van der Waals surface area contributed by atoms with E-state index in [1.807, 2.05) is 0 Å². The molecule has 1 saturated heterocycles. The van der Waals surface area contributed by atoms with E-state index in [0.717, 1.165) is 11.0 Å². The van der Waals surface area contributed by atoms with Gasteiger partial charge in [-0.15, -0.1) is 0 Å². The van der Waals surface area contributed by atoms with Gasteiger partial charge in [-0.05, 0) is 44.2 Å². The average Bonchev–Trinajstić information content (AvgIpc) is 3.22. The first kappa shape index (κ1) is 21.4. The van der Waals surface area contributed by atoms with Crippen LogP contribution in [0.2, 0.25) is 0 Å². The summed E-state index contributed by atoms with van der Waals surface area (Å²) in [6.07, 6.45) is -3.11. The molecule has 11 heteroatoms. The fraction of sp³-hybridized carbons (Fsp3) is 0.550. The van der Waals surface area contributed by atoms with Gasteiger partial charge >= 0.3 is 6.18 Å². The van der Waals surface area contributed by atoms with Crippen LogP contribution in [0.25, 0.3) is 0 Å². The van der Waals surface area contributed by atoms with Gasteiger partial charge in [0.2, 0.25) is 5.95 Å². The first-order chi connectivity index (χ1) is 14.7. The molecule has 1 aromatic heterocycles. The van der Waals surface area contributed by atoms with Gasteiger partial charge in [-0.2, -0.15) is 23.3 Å². The highest BCUT2D eigenvalue weighted by Gasteiger charge is 2.48. The molecule has 0 aliphatic carbocycles. The van der Waals surface area contributed by atoms with Crippen molar-refractivity contribution in [3.63, 3.8) is 0 Å². The molecular formula is C20H23F4N5O2. The summed E-state index contributed by atoms with van der Waals surface area (Å²) in [5.41, 5.74) is 0. The van der Waals surface area contributed by atoms with E-state index in [1.165, 1.54) is 18.2 Å². The number of hydrogen-bond acceptors (Lipinski definition) is 5. The summed E-state index contributed by atoms with van der Waals surface area (Å²) in [6, 6.07) is 3.56. The lowest BCUT2D eigenvalue weighted by molar-refractivity contribution is -0.175. The number of nitrogens with zero attached hydrogens (tertiary/aromatic N) is 4. The molecule has 4 atom stereocenters. The molecule has 2 aromatic rings. The van der Waals surface area contributed by atoms with Gasteiger partial charge in [0, 0.05) is 19.1 Å². The van der Waals surface area contributed by atoms with Gasteiger partial charge in [0.05, 0.1) is 0 Å². The van der Waals surface area contributed by atoms with Crippen LogP contribution in [-0.2, 0) is 4.79 Å². The molecule has 2 aliphatic rings. The van der Waals surface area contributed by atoms with Crippen molar-refractivity contribution in [1.29, 1.82) is 0 Å². The number of amides is 1. The fourth-order valence-electron chi connectivity index (χ4n) is 4.31. The first-order valence-corrected chi connectivity index (χ1v) is 10.2. The van der Waals surface area contributed by atoms with Crippen molar-refractivity contribution >= 4 is 11.9 Å². The Morgan fingerprint density at radius 1 is 1.32 bits per heavy atom. The Labute approximate surface area is 176 Å². The van der Waals surface area contributed by atoms with E-state index in [4.69, 9.17) is 4.74 Å². The number of halogens is 4. The highest BCUT2D eigenvalue weighted by atomic mass is 19.4. The lowest BCUT2D eigenvalue weighted by atomic mass is 9.86. The van der Waals surface area contributed by atoms with Crippen molar-refractivity contribution < 1.29 is 27.1 Å². The molecule has 3 heterocycles. The Hall–Kier alpha value is -2.85. The predicted octanol–water partition coefficient (Wildman–Crippen LogP) is 3.41. The van der Waals surface area contributed by atoms with Crippen molar-refractivity contribution in [2.45, 2.75) is 50.6 Å². The smallest absolute Gasteiger partial charge is 0.411 e. The number of carbonyl (C=O) groups is 1. The number of benzene rings is 1. The van der Waals surface area contributed by atoms with Crippen LogP contribution in [0, 0.1) is 11.7 Å². The Bertz CT molecular complexity index is 934. The van der Waals surface area contributed by atoms with Gasteiger partial charge in [0.15, 0.2) is 23.7 Å². The zero-order valence-corrected chi connectivity index (χ0v) is 16.8. The van der Waals surface area contributed by atoms with Gasteiger partial charge in [-0.3, -0.25) is 4.79 Å². The minimum atomic E-state index is -4.45. The minimum absolute atomic E-state index is 0.0155. The highest BCUT2D eigenvalue weighted by Crippen LogP contribution is 2.40. The van der Waals surface area contributed by atoms with E-state index in [2.05, 4.69) is 15.4 Å². The second-order valence-electron chi connectivity index (χ2n) is 7.95. The molecule has 1 fully saturated rings. The molecular weight excluding hydrogens is 418 g/mol. The number of alkyl halides is 3. The molecule has 7 nitrogen and oxygen atoms in total. The van der Waals surface area contributed by atoms with Crippen LogP contribution in [0.5, 0.6) is 5.75 Å². The molecule has 0 saturated carbocycles. The predicted molar refractivity (Wildman–Crippen MR) is 103 cm³/mol. The number of para-hydroxylation sites is 1. The van der Waals surface area contributed by atoms with E-state index < -0.39 is 30.2 Å². The number of hydrogen-bond donors (Lipinski definition) is 1. The van der Waals surface area contributed by atoms with Crippen LogP contribution in [0.15, 0.2) is 30.6 Å². The number of nitrogens with one attached hydrogen (secondary N) is 1. The number of piperidine rings is 1. The highest BCUT2D eigenvalue weighted by molar-refractivity contribution is 5.81. The van der Waals surface area contributed by atoms with Crippen molar-refractivity contribution in [2.75, 3.05) is 18.4 Å². The number of carbonyl (C=O) groups excluding carboxylic acids is 1. The van der Waals surface area contributed by atoms with Crippen LogP contribution in [0.1, 0.15) is 32.2 Å². The monoisotopic (exact) mass is 441 g/mol. The second kappa shape index (κ2) is 8.35. The number of aromatic nitrogens is 3. The molecule has 0 spiro atoms. The third-order valence-electron chi connectivity index (χ3n) is 5.86. The topological polar surface area (TPSA) is 72.3 Å². The standard InChI is InChI=1S/C20H23F4N5O2/c1-12(31-16-7-3-2-6-14(16)21)18(30)28-8-4-5-13(10-28)15-9-17(20(22,23)24)29-19(27-15)25-11-26-29/h2-3,6-7,11-13,15,17H,4-5,8-10H2,1H3,(H,25,26,27)/t12?,13?,15-,17+/m0/s1. The molecule has 2 unspecified atom stereocenters. The van der Waals surface area contributed by atoms with E-state index >= 15 is 0 Å². The summed E-state index contributed by atoms with van der Waals surface area (Å²) in [6.45, 7) is 2.31. The summed E-state index contributed by atoms with van der Waals surface area (Å²) in [7, 11) is 0. The van der Waals surface area contributed by atoms with E-state index in [1.54, 1.807) is 17.9 Å². The van der Waals surface area contributed by atoms with Gasteiger partial charge in [0.25, 0.3) is 5.91 Å². The molecule has 0 radical (unpaired) electrons. The van der Waals surface area contributed by atoms with Crippen LogP contribution in [0.4, 0.5) is 23.5 Å². The largest absolute Gasteiger partial charge is 0.478 e. The molecule has 4 rings (SSSR count). The minimum Gasteiger partial charge on any atom is -0.478 e. The maximum Gasteiger partial charge on any atom is 0.411 e. The van der Waals surface area contributed by atoms with Gasteiger partial charge < -0.3 is 15.0 Å². The fourth-order valence-corrected chi connectivity index (χ4v) is 4.31. The van der Waals surface area contributed by atoms with Crippen molar-refractivity contribution in [3.8, 4) is 5.75 Å². The molecule has 1 N–H and O–H groups in total. The summed E-state index contributed by atoms with van der Waals surface area (Å²) in [4.78, 5) is 18.4. The van der Waals surface area contributed by atoms with Crippen molar-refractivity contribution in [1.82, 2.24) is 19.7 Å². The Morgan fingerprint density at radius 3 is 2.84 bits per heavy atom. The molecule has 1 aromatic carbocycles. The lowest BCUT2D eigenvalue weighted by Crippen LogP contribution is -2.51. The summed E-state index contributed by atoms with van der Waals surface area (Å²) >= 11 is 0. The van der Waals surface area contributed by atoms with Gasteiger partial charge in [0.1, 0.15) is 6.33 Å². The van der Waals surface area contributed by atoms with Crippen LogP contribution >= 0.6 is 0 Å². The van der Waals surface area contributed by atoms with Crippen LogP contribution < -0.4 is 10.1 Å². The Morgan fingerprint density at radius 2 is 2.10 bits per heavy atom. The molecule has 1 amide bonds. The molecule has 0 bridgehead atoms. The normalized spacial score (nSPS) is 24.8. The van der Waals surface area contributed by atoms with E-state index in [-0.39, 0.29) is 29.9 Å². The lowest BCUT2D eigenvalue weighted by Gasteiger charge is -2.41. The van der Waals surface area contributed by atoms with E-state index in [0.29, 0.717) is 25.9 Å². The van der Waals surface area contributed by atoms with Gasteiger partial charge in [-0.25, -0.2) is 9.07 Å². The molecule has 2 aliphatic heterocycles. The number of rotatable bonds is 4. The molecule has 168 valence electrons. The quantitative estimate of drug-likeness (QED) is 0.737. The zero-order chi connectivity index (χ0) is 22.2. The maximum absolute atomic E-state index is 13.8. The molecule has 31 heavy (non-hydrogen) atoms. The number of fused-ring (bicyclic) bond motifs is 1. The summed E-state index contributed by atoms with van der Waals surface area (Å²) in [5.74, 6) is -1.00. The second-order valence-corrected chi connectivity index (χ2v) is 7.95. The zero-order valence-electron chi connectivity index (χ0n) is 16.8. The van der Waals surface area contributed by atoms with Crippen molar-refractivity contribution in [3.05, 3.63) is 36.4 Å². The van der Waals surface area contributed by atoms with Crippen molar-refractivity contribution in [2.24, 2.45) is 5.92 Å². The number of anilines is 1. The van der Waals surface area contributed by atoms with Gasteiger partial charge in [-0.1, -0.05) is 12.1 Å². The SMILES string of the molecule is CC(Oc1ccccc1F)C(=O)N1CCCC([C@@H]2C[C@H](C(F)(F)F)n3ncnc3N2)C1. The third-order valence-corrected chi connectivity index (χ3v) is 5.86. The van der Waals surface area contributed by atoms with E-state index in [9.17, 15) is 22.4 Å². The third kappa shape index (κ3) is 4.45. The first-order valence-electron chi connectivity index (χ1n) is 10.2.